The second kappa shape index (κ2) is 4.82. The van der Waals surface area contributed by atoms with Crippen LogP contribution in [-0.4, -0.2) is 11.0 Å². The van der Waals surface area contributed by atoms with Crippen molar-refractivity contribution in [3.63, 3.8) is 0 Å². The van der Waals surface area contributed by atoms with Gasteiger partial charge in [-0.25, -0.2) is 9.37 Å². The van der Waals surface area contributed by atoms with Gasteiger partial charge in [0.2, 0.25) is 5.89 Å². The Hall–Kier alpha value is -1.20. The summed E-state index contributed by atoms with van der Waals surface area (Å²) in [5, 5.41) is 3.37. The summed E-state index contributed by atoms with van der Waals surface area (Å²) in [7, 11) is 0. The summed E-state index contributed by atoms with van der Waals surface area (Å²) >= 11 is 3.31. The summed E-state index contributed by atoms with van der Waals surface area (Å²) in [6, 6.07) is 5.10. The fourth-order valence-corrected chi connectivity index (χ4v) is 2.23. The molecule has 0 radical (unpaired) electrons. The predicted octanol–water partition coefficient (Wildman–Crippen LogP) is 3.50. The molecule has 1 saturated carbocycles. The van der Waals surface area contributed by atoms with Gasteiger partial charge in [-0.1, -0.05) is 0 Å². The van der Waals surface area contributed by atoms with Crippen LogP contribution in [-0.2, 0) is 6.54 Å². The van der Waals surface area contributed by atoms with Gasteiger partial charge in [-0.3, -0.25) is 0 Å². The third kappa shape index (κ3) is 2.62. The molecule has 1 aliphatic carbocycles. The predicted molar refractivity (Wildman–Crippen MR) is 69.5 cm³/mol. The van der Waals surface area contributed by atoms with Gasteiger partial charge in [-0.15, -0.1) is 0 Å². The lowest BCUT2D eigenvalue weighted by atomic mass is 10.2. The van der Waals surface area contributed by atoms with Gasteiger partial charge in [0.25, 0.3) is 0 Å². The highest BCUT2D eigenvalue weighted by atomic mass is 79.9. The average molecular weight is 311 g/mol. The molecule has 0 spiro atoms. The normalized spacial score (nSPS) is 15.0. The van der Waals surface area contributed by atoms with Crippen molar-refractivity contribution in [1.29, 1.82) is 0 Å². The van der Waals surface area contributed by atoms with E-state index in [1.165, 1.54) is 25.0 Å². The van der Waals surface area contributed by atoms with Gasteiger partial charge in [-0.2, -0.15) is 0 Å². The van der Waals surface area contributed by atoms with E-state index >= 15 is 0 Å². The first-order chi connectivity index (χ1) is 8.72. The van der Waals surface area contributed by atoms with Crippen LogP contribution in [0.1, 0.15) is 18.5 Å². The van der Waals surface area contributed by atoms with E-state index in [1.54, 1.807) is 12.3 Å². The van der Waals surface area contributed by atoms with Crippen LogP contribution in [0.2, 0.25) is 0 Å². The average Bonchev–Trinajstić information content (AvgIpc) is 3.05. The fourth-order valence-electron chi connectivity index (χ4n) is 1.71. The molecule has 94 valence electrons. The van der Waals surface area contributed by atoms with E-state index in [4.69, 9.17) is 4.42 Å². The molecule has 0 bridgehead atoms. The maximum Gasteiger partial charge on any atom is 0.227 e. The summed E-state index contributed by atoms with van der Waals surface area (Å²) in [6.07, 6.45) is 4.13. The molecule has 18 heavy (non-hydrogen) atoms. The van der Waals surface area contributed by atoms with E-state index in [0.717, 1.165) is 11.3 Å². The van der Waals surface area contributed by atoms with Crippen molar-refractivity contribution in [3.8, 4) is 11.5 Å². The summed E-state index contributed by atoms with van der Waals surface area (Å²) in [5.74, 6) is 0.224. The summed E-state index contributed by atoms with van der Waals surface area (Å²) in [6.45, 7) is 0.715. The number of rotatable bonds is 4. The van der Waals surface area contributed by atoms with Crippen molar-refractivity contribution in [3.05, 3.63) is 40.4 Å². The molecule has 1 aromatic heterocycles. The van der Waals surface area contributed by atoms with Crippen LogP contribution in [0.4, 0.5) is 4.39 Å². The minimum Gasteiger partial charge on any atom is -0.444 e. The van der Waals surface area contributed by atoms with Crippen LogP contribution in [0, 0.1) is 5.82 Å². The minimum atomic E-state index is -0.284. The zero-order valence-corrected chi connectivity index (χ0v) is 11.2. The molecule has 0 unspecified atom stereocenters. The van der Waals surface area contributed by atoms with Gasteiger partial charge in [-0.05, 0) is 47.0 Å². The zero-order valence-electron chi connectivity index (χ0n) is 9.62. The summed E-state index contributed by atoms with van der Waals surface area (Å²) in [4.78, 5) is 4.39. The number of oxazole rings is 1. The third-order valence-electron chi connectivity index (χ3n) is 2.86. The number of hydrogen-bond donors (Lipinski definition) is 1. The van der Waals surface area contributed by atoms with Gasteiger partial charge < -0.3 is 9.73 Å². The largest absolute Gasteiger partial charge is 0.444 e. The number of nitrogens with zero attached hydrogens (tertiary/aromatic N) is 1. The standard InChI is InChI=1S/C13H12BrFN2O/c14-12-5-8(15)1-4-11(12)13-17-10(7-18-13)6-16-9-2-3-9/h1,4-5,7,9,16H,2-3,6H2. The van der Waals surface area contributed by atoms with E-state index < -0.39 is 0 Å². The first-order valence-electron chi connectivity index (χ1n) is 5.85. The smallest absolute Gasteiger partial charge is 0.227 e. The lowest BCUT2D eigenvalue weighted by Gasteiger charge is -1.99. The molecule has 1 fully saturated rings. The molecule has 3 nitrogen and oxygen atoms in total. The Kier molecular flexibility index (Phi) is 3.18. The second-order valence-corrected chi connectivity index (χ2v) is 5.28. The number of halogens is 2. The monoisotopic (exact) mass is 310 g/mol. The van der Waals surface area contributed by atoms with E-state index in [9.17, 15) is 4.39 Å². The molecule has 1 aliphatic rings. The summed E-state index contributed by atoms with van der Waals surface area (Å²) in [5.41, 5.74) is 1.63. The molecule has 0 atom stereocenters. The van der Waals surface area contributed by atoms with Gasteiger partial charge in [0.05, 0.1) is 11.3 Å². The molecule has 3 rings (SSSR count). The quantitative estimate of drug-likeness (QED) is 0.939. The summed E-state index contributed by atoms with van der Waals surface area (Å²) < 4.78 is 19.1. The Morgan fingerprint density at radius 2 is 2.28 bits per heavy atom. The minimum absolute atomic E-state index is 0.284. The lowest BCUT2D eigenvalue weighted by Crippen LogP contribution is -2.15. The van der Waals surface area contributed by atoms with Gasteiger partial charge in [0, 0.05) is 17.1 Å². The SMILES string of the molecule is Fc1ccc(-c2nc(CNC3CC3)co2)c(Br)c1. The molecule has 1 N–H and O–H groups in total. The van der Waals surface area contributed by atoms with Gasteiger partial charge in [0.1, 0.15) is 12.1 Å². The molecule has 2 aromatic rings. The van der Waals surface area contributed by atoms with E-state index in [0.29, 0.717) is 23.0 Å². The Bertz CT molecular complexity index is 566. The van der Waals surface area contributed by atoms with Crippen LogP contribution in [0.3, 0.4) is 0 Å². The Labute approximate surface area is 113 Å². The van der Waals surface area contributed by atoms with Crippen molar-refractivity contribution in [2.24, 2.45) is 0 Å². The van der Waals surface area contributed by atoms with Crippen LogP contribution >= 0.6 is 15.9 Å². The Morgan fingerprint density at radius 3 is 3.00 bits per heavy atom. The van der Waals surface area contributed by atoms with Crippen molar-refractivity contribution in [1.82, 2.24) is 10.3 Å². The molecule has 0 saturated heterocycles. The first kappa shape index (κ1) is 11.9. The van der Waals surface area contributed by atoms with E-state index in [-0.39, 0.29) is 5.82 Å². The van der Waals surface area contributed by atoms with Crippen LogP contribution < -0.4 is 5.32 Å². The highest BCUT2D eigenvalue weighted by Crippen LogP contribution is 2.28. The van der Waals surface area contributed by atoms with E-state index in [1.807, 2.05) is 0 Å². The van der Waals surface area contributed by atoms with Crippen molar-refractivity contribution < 1.29 is 8.81 Å². The van der Waals surface area contributed by atoms with Crippen LogP contribution in [0.5, 0.6) is 0 Å². The number of aromatic nitrogens is 1. The first-order valence-corrected chi connectivity index (χ1v) is 6.65. The zero-order chi connectivity index (χ0) is 12.5. The van der Waals surface area contributed by atoms with E-state index in [2.05, 4.69) is 26.2 Å². The van der Waals surface area contributed by atoms with Crippen LogP contribution in [0.15, 0.2) is 33.4 Å². The molecule has 1 aromatic carbocycles. The number of benzene rings is 1. The van der Waals surface area contributed by atoms with Crippen LogP contribution in [0.25, 0.3) is 11.5 Å². The molecule has 0 aliphatic heterocycles. The molecule has 1 heterocycles. The molecular formula is C13H12BrFN2O. The topological polar surface area (TPSA) is 38.1 Å². The van der Waals surface area contributed by atoms with Gasteiger partial charge in [0.15, 0.2) is 0 Å². The second-order valence-electron chi connectivity index (χ2n) is 4.42. The molecule has 0 amide bonds. The lowest BCUT2D eigenvalue weighted by molar-refractivity contribution is 0.569. The Balaban J connectivity index is 1.78. The maximum absolute atomic E-state index is 13.0. The number of hydrogen-bond acceptors (Lipinski definition) is 3. The van der Waals surface area contributed by atoms with Gasteiger partial charge >= 0.3 is 0 Å². The van der Waals surface area contributed by atoms with Crippen molar-refractivity contribution in [2.75, 3.05) is 0 Å². The maximum atomic E-state index is 13.0. The van der Waals surface area contributed by atoms with Crippen molar-refractivity contribution in [2.45, 2.75) is 25.4 Å². The fraction of sp³-hybridized carbons (Fsp3) is 0.308. The van der Waals surface area contributed by atoms with Crippen molar-refractivity contribution >= 4 is 15.9 Å². The molecular weight excluding hydrogens is 299 g/mol. The highest BCUT2D eigenvalue weighted by molar-refractivity contribution is 9.10. The highest BCUT2D eigenvalue weighted by Gasteiger charge is 2.20. The Morgan fingerprint density at radius 1 is 1.44 bits per heavy atom. The molecule has 5 heteroatoms. The number of nitrogens with one attached hydrogen (secondary N) is 1. The third-order valence-corrected chi connectivity index (χ3v) is 3.52.